The Morgan fingerprint density at radius 2 is 1.61 bits per heavy atom. The second kappa shape index (κ2) is 9.35. The quantitative estimate of drug-likeness (QED) is 0.448. The molecule has 1 fully saturated rings. The highest BCUT2D eigenvalue weighted by Gasteiger charge is 2.49. The van der Waals surface area contributed by atoms with Gasteiger partial charge in [-0.1, -0.05) is 18.1 Å². The summed E-state index contributed by atoms with van der Waals surface area (Å²) in [5.41, 5.74) is 7.50. The van der Waals surface area contributed by atoms with Crippen LogP contribution in [0, 0.1) is 12.3 Å². The lowest BCUT2D eigenvalue weighted by Crippen LogP contribution is -2.61. The van der Waals surface area contributed by atoms with Crippen molar-refractivity contribution in [3.8, 4) is 12.3 Å². The fraction of sp³-hybridized carbons (Fsp3) is 0.450. The maximum absolute atomic E-state index is 11.7. The molecule has 0 aliphatic carbocycles. The molecule has 2 N–H and O–H groups in total. The van der Waals surface area contributed by atoms with Gasteiger partial charge in [-0.3, -0.25) is 14.4 Å². The van der Waals surface area contributed by atoms with E-state index < -0.39 is 48.4 Å². The number of ether oxygens (including phenoxy) is 4. The molecule has 1 saturated heterocycles. The van der Waals surface area contributed by atoms with Crippen molar-refractivity contribution in [3.05, 3.63) is 35.4 Å². The van der Waals surface area contributed by atoms with E-state index in [0.29, 0.717) is 11.1 Å². The summed E-state index contributed by atoms with van der Waals surface area (Å²) in [6.45, 7) is 3.58. The molecule has 1 aromatic rings. The summed E-state index contributed by atoms with van der Waals surface area (Å²) in [4.78, 5) is 34.5. The van der Waals surface area contributed by atoms with Gasteiger partial charge in [0.05, 0.1) is 6.04 Å². The normalized spacial score (nSPS) is 26.6. The van der Waals surface area contributed by atoms with Gasteiger partial charge in [-0.25, -0.2) is 0 Å². The van der Waals surface area contributed by atoms with Crippen LogP contribution in [0.3, 0.4) is 0 Å². The Balaban J connectivity index is 2.41. The molecule has 5 atom stereocenters. The Bertz CT molecular complexity index is 768. The van der Waals surface area contributed by atoms with Crippen LogP contribution in [0.2, 0.25) is 0 Å². The van der Waals surface area contributed by atoms with Crippen molar-refractivity contribution in [2.24, 2.45) is 5.73 Å². The lowest BCUT2D eigenvalue weighted by molar-refractivity contribution is -0.220. The van der Waals surface area contributed by atoms with E-state index in [2.05, 4.69) is 5.92 Å². The van der Waals surface area contributed by atoms with Crippen LogP contribution in [0.15, 0.2) is 24.3 Å². The predicted molar refractivity (Wildman–Crippen MR) is 97.7 cm³/mol. The van der Waals surface area contributed by atoms with Crippen LogP contribution in [0.5, 0.6) is 0 Å². The number of carbonyl (C=O) groups is 3. The first kappa shape index (κ1) is 21.4. The van der Waals surface area contributed by atoms with Crippen LogP contribution < -0.4 is 5.73 Å². The minimum absolute atomic E-state index is 0.139. The maximum atomic E-state index is 11.7. The van der Waals surface area contributed by atoms with E-state index in [4.69, 9.17) is 31.1 Å². The van der Waals surface area contributed by atoms with Crippen molar-refractivity contribution in [3.63, 3.8) is 0 Å². The Kier molecular flexibility index (Phi) is 7.15. The number of terminal acetylenes is 1. The summed E-state index contributed by atoms with van der Waals surface area (Å²) in [6, 6.07) is 5.98. The summed E-state index contributed by atoms with van der Waals surface area (Å²) in [7, 11) is 0. The van der Waals surface area contributed by atoms with Crippen molar-refractivity contribution in [1.29, 1.82) is 0 Å². The fourth-order valence-electron chi connectivity index (χ4n) is 3.00. The largest absolute Gasteiger partial charge is 0.463 e. The topological polar surface area (TPSA) is 114 Å². The van der Waals surface area contributed by atoms with Gasteiger partial charge in [0.25, 0.3) is 0 Å². The molecule has 8 nitrogen and oxygen atoms in total. The van der Waals surface area contributed by atoms with E-state index in [0.717, 1.165) is 0 Å². The van der Waals surface area contributed by atoms with Gasteiger partial charge in [-0.05, 0) is 17.7 Å². The molecule has 150 valence electrons. The molecule has 1 aliphatic heterocycles. The van der Waals surface area contributed by atoms with Crippen molar-refractivity contribution < 1.29 is 33.3 Å². The first-order valence-corrected chi connectivity index (χ1v) is 8.68. The summed E-state index contributed by atoms with van der Waals surface area (Å²) in [5.74, 6) is 0.836. The lowest BCUT2D eigenvalue weighted by atomic mass is 9.89. The molecule has 1 heterocycles. The van der Waals surface area contributed by atoms with E-state index >= 15 is 0 Å². The maximum Gasteiger partial charge on any atom is 0.303 e. The SMILES string of the molecule is C#Cc1ccc(C2OC(COC(C)=O)C(N)C(OC(C)=O)C2OC(C)=O)cc1. The Morgan fingerprint density at radius 1 is 1.04 bits per heavy atom. The summed E-state index contributed by atoms with van der Waals surface area (Å²) < 4.78 is 21.8. The summed E-state index contributed by atoms with van der Waals surface area (Å²) >= 11 is 0. The van der Waals surface area contributed by atoms with Gasteiger partial charge < -0.3 is 24.7 Å². The highest BCUT2D eigenvalue weighted by molar-refractivity contribution is 5.68. The number of esters is 3. The van der Waals surface area contributed by atoms with Gasteiger partial charge in [0.1, 0.15) is 18.8 Å². The van der Waals surface area contributed by atoms with Gasteiger partial charge in [-0.2, -0.15) is 0 Å². The van der Waals surface area contributed by atoms with Gasteiger partial charge in [-0.15, -0.1) is 6.42 Å². The second-order valence-corrected chi connectivity index (χ2v) is 6.39. The standard InChI is InChI=1S/C20H23NO7/c1-5-14-6-8-15(9-7-14)18-20(27-13(4)24)19(26-12(3)23)17(21)16(28-18)10-25-11(2)22/h1,6-9,16-20H,10,21H2,2-4H3. The van der Waals surface area contributed by atoms with Gasteiger partial charge in [0.2, 0.25) is 0 Å². The predicted octanol–water partition coefficient (Wildman–Crippen LogP) is 0.862. The van der Waals surface area contributed by atoms with E-state index in [1.54, 1.807) is 24.3 Å². The molecule has 5 unspecified atom stereocenters. The van der Waals surface area contributed by atoms with Crippen molar-refractivity contribution in [2.75, 3.05) is 6.61 Å². The molecule has 0 aromatic heterocycles. The average molecular weight is 389 g/mol. The first-order valence-electron chi connectivity index (χ1n) is 8.68. The Labute approximate surface area is 163 Å². The molecule has 0 bridgehead atoms. The number of benzene rings is 1. The minimum atomic E-state index is -0.993. The highest BCUT2D eigenvalue weighted by Crippen LogP contribution is 2.35. The third kappa shape index (κ3) is 5.31. The van der Waals surface area contributed by atoms with Crippen LogP contribution >= 0.6 is 0 Å². The molecule has 1 aromatic carbocycles. The number of nitrogens with two attached hydrogens (primary N) is 1. The second-order valence-electron chi connectivity index (χ2n) is 6.39. The zero-order valence-corrected chi connectivity index (χ0v) is 15.9. The number of hydrogen-bond acceptors (Lipinski definition) is 8. The molecular formula is C20H23NO7. The van der Waals surface area contributed by atoms with Crippen molar-refractivity contribution in [2.45, 2.75) is 51.2 Å². The van der Waals surface area contributed by atoms with Crippen LogP contribution in [-0.2, 0) is 33.3 Å². The number of rotatable bonds is 5. The highest BCUT2D eigenvalue weighted by atomic mass is 16.6. The number of carbonyl (C=O) groups excluding carboxylic acids is 3. The van der Waals surface area contributed by atoms with E-state index in [1.807, 2.05) is 0 Å². The van der Waals surface area contributed by atoms with Crippen LogP contribution in [0.1, 0.15) is 38.0 Å². The summed E-state index contributed by atoms with van der Waals surface area (Å²) in [5, 5.41) is 0. The molecule has 2 rings (SSSR count). The zero-order chi connectivity index (χ0) is 20.8. The number of hydrogen-bond donors (Lipinski definition) is 1. The molecule has 0 radical (unpaired) electrons. The van der Waals surface area contributed by atoms with E-state index in [-0.39, 0.29) is 6.61 Å². The summed E-state index contributed by atoms with van der Waals surface area (Å²) in [6.07, 6.45) is 1.82. The van der Waals surface area contributed by atoms with Gasteiger partial charge in [0.15, 0.2) is 12.2 Å². The van der Waals surface area contributed by atoms with Gasteiger partial charge >= 0.3 is 17.9 Å². The molecule has 0 spiro atoms. The molecular weight excluding hydrogens is 366 g/mol. The first-order chi connectivity index (χ1) is 13.2. The van der Waals surface area contributed by atoms with Crippen LogP contribution in [-0.4, -0.2) is 48.9 Å². The van der Waals surface area contributed by atoms with Crippen molar-refractivity contribution in [1.82, 2.24) is 0 Å². The smallest absolute Gasteiger partial charge is 0.303 e. The van der Waals surface area contributed by atoms with Crippen molar-refractivity contribution >= 4 is 17.9 Å². The molecule has 1 aliphatic rings. The minimum Gasteiger partial charge on any atom is -0.463 e. The average Bonchev–Trinajstić information content (AvgIpc) is 2.63. The molecule has 28 heavy (non-hydrogen) atoms. The monoisotopic (exact) mass is 389 g/mol. The Morgan fingerprint density at radius 3 is 2.11 bits per heavy atom. The van der Waals surface area contributed by atoms with Crippen LogP contribution in [0.4, 0.5) is 0 Å². The third-order valence-corrected chi connectivity index (χ3v) is 4.21. The lowest BCUT2D eigenvalue weighted by Gasteiger charge is -2.44. The Hall–Kier alpha value is -2.89. The van der Waals surface area contributed by atoms with Gasteiger partial charge in [0, 0.05) is 26.3 Å². The zero-order valence-electron chi connectivity index (χ0n) is 15.9. The third-order valence-electron chi connectivity index (χ3n) is 4.21. The van der Waals surface area contributed by atoms with E-state index in [1.165, 1.54) is 20.8 Å². The fourth-order valence-corrected chi connectivity index (χ4v) is 3.00. The molecule has 0 amide bonds. The van der Waals surface area contributed by atoms with Crippen LogP contribution in [0.25, 0.3) is 0 Å². The molecule has 0 saturated carbocycles. The van der Waals surface area contributed by atoms with E-state index in [9.17, 15) is 14.4 Å². The molecule has 8 heteroatoms.